The number of hydrogen-bond donors (Lipinski definition) is 2. The Morgan fingerprint density at radius 1 is 1.10 bits per heavy atom. The summed E-state index contributed by atoms with van der Waals surface area (Å²) >= 11 is 1.32. The number of amides is 1. The van der Waals surface area contributed by atoms with Crippen molar-refractivity contribution in [1.29, 1.82) is 0 Å². The van der Waals surface area contributed by atoms with Gasteiger partial charge >= 0.3 is 5.97 Å². The topological polar surface area (TPSA) is 97.0 Å². The van der Waals surface area contributed by atoms with Crippen LogP contribution < -0.4 is 5.32 Å². The average molecular weight is 433 g/mol. The Kier molecular flexibility index (Phi) is 6.18. The molecule has 8 heteroatoms. The highest BCUT2D eigenvalue weighted by Gasteiger charge is 2.23. The van der Waals surface area contributed by atoms with E-state index in [1.165, 1.54) is 11.3 Å². The molecule has 0 saturated heterocycles. The summed E-state index contributed by atoms with van der Waals surface area (Å²) in [5, 5.41) is 5.08. The van der Waals surface area contributed by atoms with E-state index in [0.717, 1.165) is 16.8 Å². The van der Waals surface area contributed by atoms with Crippen molar-refractivity contribution in [2.24, 2.45) is 0 Å². The van der Waals surface area contributed by atoms with E-state index in [4.69, 9.17) is 4.74 Å². The SMILES string of the molecule is CCC(OC(=O)c1ccc(-c2ncc[nH]2)cc1)C(=O)Nc1nc(-c2ccccc2)cs1. The van der Waals surface area contributed by atoms with Gasteiger partial charge in [-0.15, -0.1) is 11.3 Å². The molecule has 0 spiro atoms. The predicted octanol–water partition coefficient (Wildman–Crippen LogP) is 4.77. The minimum atomic E-state index is -0.915. The maximum absolute atomic E-state index is 12.6. The summed E-state index contributed by atoms with van der Waals surface area (Å²) in [5.41, 5.74) is 2.96. The lowest BCUT2D eigenvalue weighted by Gasteiger charge is -2.15. The van der Waals surface area contributed by atoms with E-state index in [-0.39, 0.29) is 0 Å². The van der Waals surface area contributed by atoms with E-state index in [9.17, 15) is 9.59 Å². The number of rotatable bonds is 7. The van der Waals surface area contributed by atoms with Gasteiger partial charge < -0.3 is 9.72 Å². The third-order valence-corrected chi connectivity index (χ3v) is 5.37. The van der Waals surface area contributed by atoms with Gasteiger partial charge in [0.1, 0.15) is 5.82 Å². The van der Waals surface area contributed by atoms with E-state index in [1.54, 1.807) is 43.6 Å². The molecule has 2 heterocycles. The van der Waals surface area contributed by atoms with E-state index in [2.05, 4.69) is 20.3 Å². The van der Waals surface area contributed by atoms with Crippen LogP contribution in [0.2, 0.25) is 0 Å². The van der Waals surface area contributed by atoms with Crippen LogP contribution in [0, 0.1) is 0 Å². The molecule has 156 valence electrons. The molecular formula is C23H20N4O3S. The highest BCUT2D eigenvalue weighted by molar-refractivity contribution is 7.14. The lowest BCUT2D eigenvalue weighted by molar-refractivity contribution is -0.124. The number of carbonyl (C=O) groups excluding carboxylic acids is 2. The van der Waals surface area contributed by atoms with Gasteiger partial charge in [0, 0.05) is 28.9 Å². The number of hydrogen-bond acceptors (Lipinski definition) is 6. The van der Waals surface area contributed by atoms with Crippen LogP contribution in [0.4, 0.5) is 5.13 Å². The minimum absolute atomic E-state index is 0.346. The van der Waals surface area contributed by atoms with Gasteiger partial charge in [0.15, 0.2) is 11.2 Å². The van der Waals surface area contributed by atoms with Crippen LogP contribution in [0.15, 0.2) is 72.4 Å². The molecule has 2 N–H and O–H groups in total. The van der Waals surface area contributed by atoms with Crippen molar-refractivity contribution in [3.63, 3.8) is 0 Å². The second-order valence-corrected chi connectivity index (χ2v) is 7.57. The number of H-pyrrole nitrogens is 1. The second-order valence-electron chi connectivity index (χ2n) is 6.71. The van der Waals surface area contributed by atoms with Gasteiger partial charge in [-0.05, 0) is 18.6 Å². The second kappa shape index (κ2) is 9.36. The minimum Gasteiger partial charge on any atom is -0.449 e. The molecular weight excluding hydrogens is 412 g/mol. The lowest BCUT2D eigenvalue weighted by atomic mass is 10.1. The smallest absolute Gasteiger partial charge is 0.338 e. The molecule has 2 aromatic heterocycles. The number of nitrogens with zero attached hydrogens (tertiary/aromatic N) is 2. The van der Waals surface area contributed by atoms with Crippen molar-refractivity contribution < 1.29 is 14.3 Å². The van der Waals surface area contributed by atoms with Crippen molar-refractivity contribution in [3.8, 4) is 22.6 Å². The molecule has 0 bridgehead atoms. The molecule has 7 nitrogen and oxygen atoms in total. The first-order valence-corrected chi connectivity index (χ1v) is 10.6. The molecule has 2 aromatic carbocycles. The Labute approximate surface area is 183 Å². The van der Waals surface area contributed by atoms with E-state index < -0.39 is 18.0 Å². The highest BCUT2D eigenvalue weighted by atomic mass is 32.1. The normalized spacial score (nSPS) is 11.6. The molecule has 31 heavy (non-hydrogen) atoms. The first-order chi connectivity index (χ1) is 15.1. The number of nitrogens with one attached hydrogen (secondary N) is 2. The van der Waals surface area contributed by atoms with E-state index >= 15 is 0 Å². The zero-order valence-corrected chi connectivity index (χ0v) is 17.6. The van der Waals surface area contributed by atoms with Crippen LogP contribution in [-0.4, -0.2) is 32.9 Å². The monoisotopic (exact) mass is 432 g/mol. The quantitative estimate of drug-likeness (QED) is 0.410. The number of anilines is 1. The number of esters is 1. The van der Waals surface area contributed by atoms with E-state index in [1.807, 2.05) is 35.7 Å². The van der Waals surface area contributed by atoms with Crippen molar-refractivity contribution >= 4 is 28.3 Å². The highest BCUT2D eigenvalue weighted by Crippen LogP contribution is 2.25. The molecule has 0 aliphatic carbocycles. The fourth-order valence-corrected chi connectivity index (χ4v) is 3.69. The summed E-state index contributed by atoms with van der Waals surface area (Å²) in [7, 11) is 0. The maximum Gasteiger partial charge on any atom is 0.338 e. The summed E-state index contributed by atoms with van der Waals surface area (Å²) in [5.74, 6) is -0.252. The van der Waals surface area contributed by atoms with Gasteiger partial charge in [0.25, 0.3) is 5.91 Å². The van der Waals surface area contributed by atoms with Gasteiger partial charge in [0.2, 0.25) is 0 Å². The molecule has 1 amide bonds. The van der Waals surface area contributed by atoms with Crippen LogP contribution in [0.5, 0.6) is 0 Å². The molecule has 4 aromatic rings. The third kappa shape index (κ3) is 4.87. The van der Waals surface area contributed by atoms with Crippen LogP contribution in [0.25, 0.3) is 22.6 Å². The van der Waals surface area contributed by atoms with Gasteiger partial charge in [-0.25, -0.2) is 14.8 Å². The van der Waals surface area contributed by atoms with E-state index in [0.29, 0.717) is 22.9 Å². The Balaban J connectivity index is 1.39. The Hall–Kier alpha value is -3.78. The Bertz CT molecular complexity index is 1160. The fourth-order valence-electron chi connectivity index (χ4n) is 2.97. The van der Waals surface area contributed by atoms with Crippen molar-refractivity contribution in [1.82, 2.24) is 15.0 Å². The van der Waals surface area contributed by atoms with Crippen LogP contribution in [0.1, 0.15) is 23.7 Å². The number of benzene rings is 2. The summed E-state index contributed by atoms with van der Waals surface area (Å²) in [4.78, 5) is 36.8. The zero-order chi connectivity index (χ0) is 21.6. The largest absolute Gasteiger partial charge is 0.449 e. The molecule has 4 rings (SSSR count). The maximum atomic E-state index is 12.6. The standard InChI is InChI=1S/C23H20N4O3S/c1-2-19(21(28)27-23-26-18(14-31-23)15-6-4-3-5-7-15)30-22(29)17-10-8-16(9-11-17)20-24-12-13-25-20/h3-14,19H,2H2,1H3,(H,24,25)(H,26,27,28). The number of ether oxygens (including phenoxy) is 1. The van der Waals surface area contributed by atoms with Crippen LogP contribution in [0.3, 0.4) is 0 Å². The van der Waals surface area contributed by atoms with Crippen molar-refractivity contribution in [2.75, 3.05) is 5.32 Å². The first kappa shape index (κ1) is 20.5. The molecule has 0 radical (unpaired) electrons. The molecule has 0 saturated carbocycles. The Morgan fingerprint density at radius 3 is 2.55 bits per heavy atom. The number of aromatic nitrogens is 3. The number of imidazole rings is 1. The summed E-state index contributed by atoms with van der Waals surface area (Å²) in [6.45, 7) is 1.79. The molecule has 1 atom stereocenters. The van der Waals surface area contributed by atoms with Crippen LogP contribution >= 0.6 is 11.3 Å². The summed E-state index contributed by atoms with van der Waals surface area (Å²) < 4.78 is 5.44. The first-order valence-electron chi connectivity index (χ1n) is 9.76. The fraction of sp³-hybridized carbons (Fsp3) is 0.130. The molecule has 0 aliphatic heterocycles. The Morgan fingerprint density at radius 2 is 1.87 bits per heavy atom. The number of carbonyl (C=O) groups is 2. The average Bonchev–Trinajstić information content (AvgIpc) is 3.50. The van der Waals surface area contributed by atoms with Gasteiger partial charge in [0.05, 0.1) is 11.3 Å². The van der Waals surface area contributed by atoms with Gasteiger partial charge in [-0.2, -0.15) is 0 Å². The third-order valence-electron chi connectivity index (χ3n) is 4.61. The lowest BCUT2D eigenvalue weighted by Crippen LogP contribution is -2.32. The number of thiazole rings is 1. The zero-order valence-electron chi connectivity index (χ0n) is 16.7. The van der Waals surface area contributed by atoms with Crippen molar-refractivity contribution in [2.45, 2.75) is 19.4 Å². The summed E-state index contributed by atoms with van der Waals surface area (Å²) in [6.07, 6.45) is 2.82. The van der Waals surface area contributed by atoms with Crippen molar-refractivity contribution in [3.05, 3.63) is 77.9 Å². The summed E-state index contributed by atoms with van der Waals surface area (Å²) in [6, 6.07) is 16.6. The molecule has 0 aliphatic rings. The number of aromatic amines is 1. The van der Waals surface area contributed by atoms with Crippen LogP contribution in [-0.2, 0) is 9.53 Å². The van der Waals surface area contributed by atoms with Gasteiger partial charge in [-0.3, -0.25) is 10.1 Å². The molecule has 1 unspecified atom stereocenters. The molecule has 0 fully saturated rings. The predicted molar refractivity (Wildman–Crippen MR) is 120 cm³/mol. The van der Waals surface area contributed by atoms with Gasteiger partial charge in [-0.1, -0.05) is 49.4 Å².